The van der Waals surface area contributed by atoms with Gasteiger partial charge in [-0.2, -0.15) is 4.31 Å². The molecule has 1 rings (SSSR count). The molecule has 0 aromatic heterocycles. The molecule has 0 aliphatic heterocycles. The molecule has 1 aliphatic carbocycles. The van der Waals surface area contributed by atoms with Gasteiger partial charge in [-0.1, -0.05) is 19.0 Å². The van der Waals surface area contributed by atoms with Crippen molar-refractivity contribution in [1.82, 2.24) is 4.31 Å². The highest BCUT2D eigenvalue weighted by atomic mass is 32.2. The van der Waals surface area contributed by atoms with Crippen molar-refractivity contribution in [3.8, 4) is 0 Å². The van der Waals surface area contributed by atoms with Crippen molar-refractivity contribution >= 4 is 15.9 Å². The van der Waals surface area contributed by atoms with Gasteiger partial charge in [0.15, 0.2) is 0 Å². The van der Waals surface area contributed by atoms with Crippen molar-refractivity contribution in [2.45, 2.75) is 39.2 Å². The molecule has 1 fully saturated rings. The van der Waals surface area contributed by atoms with Crippen LogP contribution in [0.1, 0.15) is 33.1 Å². The van der Waals surface area contributed by atoms with E-state index >= 15 is 0 Å². The SMILES string of the molecule is CC(C)CS(=O)(=O)N(CCC(N)=NO)C1CC1. The van der Waals surface area contributed by atoms with Crippen molar-refractivity contribution in [2.75, 3.05) is 12.3 Å². The Hall–Kier alpha value is -0.820. The monoisotopic (exact) mass is 263 g/mol. The van der Waals surface area contributed by atoms with Crippen LogP contribution in [0.2, 0.25) is 0 Å². The van der Waals surface area contributed by atoms with Crippen LogP contribution >= 0.6 is 0 Å². The molecule has 0 bridgehead atoms. The smallest absolute Gasteiger partial charge is 0.214 e. The maximum Gasteiger partial charge on any atom is 0.214 e. The maximum absolute atomic E-state index is 12.1. The Bertz CT molecular complexity index is 374. The molecular formula is C10H21N3O3S. The molecule has 0 unspecified atom stereocenters. The molecule has 1 aliphatic rings. The highest BCUT2D eigenvalue weighted by Crippen LogP contribution is 2.30. The van der Waals surface area contributed by atoms with E-state index < -0.39 is 10.0 Å². The molecular weight excluding hydrogens is 242 g/mol. The van der Waals surface area contributed by atoms with Gasteiger partial charge in [0.1, 0.15) is 5.84 Å². The standard InChI is InChI=1S/C10H21N3O3S/c1-8(2)7-17(15,16)13(9-3-4-9)6-5-10(11)12-14/h8-9,14H,3-7H2,1-2H3,(H2,11,12). The molecule has 0 heterocycles. The molecule has 3 N–H and O–H groups in total. The van der Waals surface area contributed by atoms with Crippen LogP contribution in [0.5, 0.6) is 0 Å². The molecule has 0 saturated heterocycles. The van der Waals surface area contributed by atoms with Crippen molar-refractivity contribution in [3.63, 3.8) is 0 Å². The van der Waals surface area contributed by atoms with E-state index in [-0.39, 0.29) is 30.0 Å². The predicted molar refractivity (Wildman–Crippen MR) is 66.4 cm³/mol. The van der Waals surface area contributed by atoms with Crippen molar-refractivity contribution in [1.29, 1.82) is 0 Å². The summed E-state index contributed by atoms with van der Waals surface area (Å²) in [6, 6.07) is 0.116. The fraction of sp³-hybridized carbons (Fsp3) is 0.900. The predicted octanol–water partition coefficient (Wildman–Crippen LogP) is 0.573. The van der Waals surface area contributed by atoms with Gasteiger partial charge in [0.2, 0.25) is 10.0 Å². The van der Waals surface area contributed by atoms with E-state index in [2.05, 4.69) is 5.16 Å². The number of hydrogen-bond donors (Lipinski definition) is 2. The summed E-state index contributed by atoms with van der Waals surface area (Å²) >= 11 is 0. The molecule has 17 heavy (non-hydrogen) atoms. The van der Waals surface area contributed by atoms with Gasteiger partial charge in [-0.05, 0) is 18.8 Å². The summed E-state index contributed by atoms with van der Waals surface area (Å²) in [5, 5.41) is 11.3. The Morgan fingerprint density at radius 2 is 2.12 bits per heavy atom. The number of nitrogens with zero attached hydrogens (tertiary/aromatic N) is 2. The Kier molecular flexibility index (Phi) is 4.76. The van der Waals surface area contributed by atoms with E-state index in [9.17, 15) is 8.42 Å². The largest absolute Gasteiger partial charge is 0.409 e. The fourth-order valence-electron chi connectivity index (χ4n) is 1.70. The molecule has 0 radical (unpaired) electrons. The van der Waals surface area contributed by atoms with Crippen LogP contribution in [0.15, 0.2) is 5.16 Å². The van der Waals surface area contributed by atoms with Crippen molar-refractivity contribution in [3.05, 3.63) is 0 Å². The molecule has 1 saturated carbocycles. The van der Waals surface area contributed by atoms with Gasteiger partial charge in [0.25, 0.3) is 0 Å². The zero-order valence-corrected chi connectivity index (χ0v) is 11.2. The first-order valence-corrected chi connectivity index (χ1v) is 7.43. The average molecular weight is 263 g/mol. The molecule has 0 atom stereocenters. The number of rotatable bonds is 7. The van der Waals surface area contributed by atoms with Crippen molar-refractivity contribution in [2.24, 2.45) is 16.8 Å². The van der Waals surface area contributed by atoms with E-state index in [0.717, 1.165) is 12.8 Å². The minimum absolute atomic E-state index is 0.0652. The van der Waals surface area contributed by atoms with Gasteiger partial charge in [0, 0.05) is 19.0 Å². The van der Waals surface area contributed by atoms with Gasteiger partial charge >= 0.3 is 0 Å². The summed E-state index contributed by atoms with van der Waals surface area (Å²) < 4.78 is 25.7. The highest BCUT2D eigenvalue weighted by Gasteiger charge is 2.36. The van der Waals surface area contributed by atoms with E-state index in [4.69, 9.17) is 10.9 Å². The first-order valence-electron chi connectivity index (χ1n) is 5.82. The molecule has 0 aromatic carbocycles. The quantitative estimate of drug-likeness (QED) is 0.304. The van der Waals surface area contributed by atoms with Gasteiger partial charge in [-0.25, -0.2) is 8.42 Å². The second-order valence-electron chi connectivity index (χ2n) is 4.86. The van der Waals surface area contributed by atoms with Gasteiger partial charge in [-0.15, -0.1) is 0 Å². The lowest BCUT2D eigenvalue weighted by molar-refractivity contribution is 0.315. The minimum atomic E-state index is -3.22. The topological polar surface area (TPSA) is 96.0 Å². The van der Waals surface area contributed by atoms with E-state index in [1.54, 1.807) is 0 Å². The maximum atomic E-state index is 12.1. The number of nitrogens with two attached hydrogens (primary N) is 1. The second kappa shape index (κ2) is 5.68. The Morgan fingerprint density at radius 3 is 2.53 bits per heavy atom. The van der Waals surface area contributed by atoms with Crippen molar-refractivity contribution < 1.29 is 13.6 Å². The second-order valence-corrected chi connectivity index (χ2v) is 6.82. The summed E-state index contributed by atoms with van der Waals surface area (Å²) in [6.07, 6.45) is 2.09. The van der Waals surface area contributed by atoms with Crippen LogP contribution in [-0.2, 0) is 10.0 Å². The first-order chi connectivity index (χ1) is 7.86. The summed E-state index contributed by atoms with van der Waals surface area (Å²) in [4.78, 5) is 0. The Balaban J connectivity index is 2.65. The zero-order chi connectivity index (χ0) is 13.1. The molecule has 100 valence electrons. The molecule has 0 amide bonds. The van der Waals surface area contributed by atoms with Crippen LogP contribution in [0.3, 0.4) is 0 Å². The number of oxime groups is 1. The van der Waals surface area contributed by atoms with Gasteiger partial charge in [0.05, 0.1) is 5.75 Å². The Morgan fingerprint density at radius 1 is 1.53 bits per heavy atom. The molecule has 6 nitrogen and oxygen atoms in total. The third-order valence-electron chi connectivity index (χ3n) is 2.57. The molecule has 0 aromatic rings. The van der Waals surface area contributed by atoms with Crippen LogP contribution < -0.4 is 5.73 Å². The van der Waals surface area contributed by atoms with Crippen LogP contribution in [0, 0.1) is 5.92 Å². The summed E-state index contributed by atoms with van der Waals surface area (Å²) in [6.45, 7) is 4.06. The number of hydrogen-bond acceptors (Lipinski definition) is 4. The van der Waals surface area contributed by atoms with Crippen LogP contribution in [0.25, 0.3) is 0 Å². The molecule has 0 spiro atoms. The fourth-order valence-corrected chi connectivity index (χ4v) is 3.77. The lowest BCUT2D eigenvalue weighted by atomic mass is 10.3. The van der Waals surface area contributed by atoms with Gasteiger partial charge < -0.3 is 10.9 Å². The van der Waals surface area contributed by atoms with E-state index in [1.807, 2.05) is 13.8 Å². The molecule has 7 heteroatoms. The highest BCUT2D eigenvalue weighted by molar-refractivity contribution is 7.89. The van der Waals surface area contributed by atoms with E-state index in [1.165, 1.54) is 4.31 Å². The lowest BCUT2D eigenvalue weighted by Gasteiger charge is -2.22. The summed E-state index contributed by atoms with van der Waals surface area (Å²) in [7, 11) is -3.22. The number of sulfonamides is 1. The van der Waals surface area contributed by atoms with Crippen LogP contribution in [-0.4, -0.2) is 42.1 Å². The Labute approximate surface area is 103 Å². The normalized spacial score (nSPS) is 18.0. The zero-order valence-electron chi connectivity index (χ0n) is 10.3. The lowest BCUT2D eigenvalue weighted by Crippen LogP contribution is -2.38. The minimum Gasteiger partial charge on any atom is -0.409 e. The third-order valence-corrected chi connectivity index (χ3v) is 4.86. The summed E-state index contributed by atoms with van der Waals surface area (Å²) in [5.41, 5.74) is 5.36. The van der Waals surface area contributed by atoms with Crippen LogP contribution in [0.4, 0.5) is 0 Å². The third kappa shape index (κ3) is 4.51. The average Bonchev–Trinajstić information content (AvgIpc) is 2.99. The van der Waals surface area contributed by atoms with Gasteiger partial charge in [-0.3, -0.25) is 0 Å². The first kappa shape index (κ1) is 14.2. The summed E-state index contributed by atoms with van der Waals surface area (Å²) in [5.74, 6) is 0.320. The number of amidine groups is 1. The van der Waals surface area contributed by atoms with E-state index in [0.29, 0.717) is 6.54 Å².